The third-order valence-electron chi connectivity index (χ3n) is 3.08. The van der Waals surface area contributed by atoms with Crippen molar-refractivity contribution in [1.82, 2.24) is 14.5 Å². The Bertz CT molecular complexity index is 743. The number of halogens is 1. The molecule has 0 bridgehead atoms. The molecular weight excluding hydrogens is 276 g/mol. The van der Waals surface area contributed by atoms with Crippen molar-refractivity contribution in [3.63, 3.8) is 0 Å². The van der Waals surface area contributed by atoms with Gasteiger partial charge in [-0.05, 0) is 17.1 Å². The van der Waals surface area contributed by atoms with Crippen molar-refractivity contribution in [2.24, 2.45) is 0 Å². The zero-order valence-electron chi connectivity index (χ0n) is 10.4. The number of rotatable bonds is 3. The highest BCUT2D eigenvalue weighted by atomic mass is 35.5. The van der Waals surface area contributed by atoms with E-state index < -0.39 is 7.12 Å². The Balaban J connectivity index is 1.91. The number of pyridine rings is 1. The van der Waals surface area contributed by atoms with E-state index in [9.17, 15) is 0 Å². The van der Waals surface area contributed by atoms with Crippen LogP contribution in [0.4, 0.5) is 0 Å². The first-order valence-electron chi connectivity index (χ1n) is 6.05. The summed E-state index contributed by atoms with van der Waals surface area (Å²) in [6.45, 7) is 0.589. The molecule has 0 saturated carbocycles. The molecular formula is C13H11BClN3O2. The predicted molar refractivity (Wildman–Crippen MR) is 77.9 cm³/mol. The van der Waals surface area contributed by atoms with Crippen molar-refractivity contribution in [2.75, 3.05) is 0 Å². The lowest BCUT2D eigenvalue weighted by atomic mass is 9.80. The topological polar surface area (TPSA) is 71.2 Å². The van der Waals surface area contributed by atoms with Crippen LogP contribution in [-0.2, 0) is 6.54 Å². The van der Waals surface area contributed by atoms with Gasteiger partial charge in [-0.3, -0.25) is 0 Å². The normalized spacial score (nSPS) is 10.9. The lowest BCUT2D eigenvalue weighted by molar-refractivity contribution is 0.426. The van der Waals surface area contributed by atoms with E-state index in [2.05, 4.69) is 9.97 Å². The number of imidazole rings is 1. The van der Waals surface area contributed by atoms with Crippen LogP contribution in [0.5, 0.6) is 0 Å². The average Bonchev–Trinajstić information content (AvgIpc) is 2.84. The molecule has 100 valence electrons. The smallest absolute Gasteiger partial charge is 0.423 e. The molecule has 5 nitrogen and oxygen atoms in total. The number of nitrogens with zero attached hydrogens (tertiary/aromatic N) is 3. The maximum Gasteiger partial charge on any atom is 0.488 e. The van der Waals surface area contributed by atoms with E-state index in [0.29, 0.717) is 22.5 Å². The molecule has 2 aromatic heterocycles. The van der Waals surface area contributed by atoms with Gasteiger partial charge in [0.05, 0.1) is 17.9 Å². The second-order valence-corrected chi connectivity index (χ2v) is 4.86. The first-order chi connectivity index (χ1) is 9.65. The van der Waals surface area contributed by atoms with Gasteiger partial charge in [0.1, 0.15) is 5.52 Å². The number of aromatic nitrogens is 3. The minimum Gasteiger partial charge on any atom is -0.423 e. The summed E-state index contributed by atoms with van der Waals surface area (Å²) >= 11 is 6.06. The Morgan fingerprint density at radius 2 is 1.85 bits per heavy atom. The number of benzene rings is 1. The van der Waals surface area contributed by atoms with Crippen LogP contribution in [0.25, 0.3) is 11.2 Å². The molecule has 3 rings (SSSR count). The van der Waals surface area contributed by atoms with Crippen LogP contribution < -0.4 is 5.46 Å². The van der Waals surface area contributed by atoms with Crippen molar-refractivity contribution in [2.45, 2.75) is 6.54 Å². The molecule has 0 aliphatic heterocycles. The van der Waals surface area contributed by atoms with Gasteiger partial charge in [-0.15, -0.1) is 0 Å². The fraction of sp³-hybridized carbons (Fsp3) is 0.0769. The van der Waals surface area contributed by atoms with E-state index in [1.807, 2.05) is 16.7 Å². The van der Waals surface area contributed by atoms with Crippen LogP contribution in [0.2, 0.25) is 5.02 Å². The van der Waals surface area contributed by atoms with E-state index in [0.717, 1.165) is 11.2 Å². The molecule has 7 heteroatoms. The summed E-state index contributed by atoms with van der Waals surface area (Å²) in [6.07, 6.45) is 3.34. The highest BCUT2D eigenvalue weighted by Crippen LogP contribution is 2.20. The van der Waals surface area contributed by atoms with Crippen LogP contribution in [-0.4, -0.2) is 31.7 Å². The zero-order valence-corrected chi connectivity index (χ0v) is 11.2. The van der Waals surface area contributed by atoms with Gasteiger partial charge < -0.3 is 14.6 Å². The van der Waals surface area contributed by atoms with Crippen LogP contribution in [0.3, 0.4) is 0 Å². The molecule has 0 spiro atoms. The van der Waals surface area contributed by atoms with Gasteiger partial charge in [-0.25, -0.2) is 9.97 Å². The van der Waals surface area contributed by atoms with E-state index in [-0.39, 0.29) is 0 Å². The summed E-state index contributed by atoms with van der Waals surface area (Å²) in [5, 5.41) is 18.7. The van der Waals surface area contributed by atoms with Crippen LogP contribution in [0.15, 0.2) is 42.9 Å². The van der Waals surface area contributed by atoms with Gasteiger partial charge in [0, 0.05) is 6.20 Å². The van der Waals surface area contributed by atoms with Crippen LogP contribution >= 0.6 is 11.6 Å². The summed E-state index contributed by atoms with van der Waals surface area (Å²) in [6, 6.07) is 8.74. The molecule has 0 unspecified atom stereocenters. The fourth-order valence-electron chi connectivity index (χ4n) is 2.04. The summed E-state index contributed by atoms with van der Waals surface area (Å²) in [4.78, 5) is 8.53. The van der Waals surface area contributed by atoms with Crippen molar-refractivity contribution >= 4 is 35.3 Å². The third kappa shape index (κ3) is 2.41. The summed E-state index contributed by atoms with van der Waals surface area (Å²) in [5.41, 5.74) is 2.88. The SMILES string of the molecule is OB(O)c1ccc(Cn2cnc3c(Cl)ccnc32)cc1. The van der Waals surface area contributed by atoms with Gasteiger partial charge in [-0.1, -0.05) is 35.9 Å². The van der Waals surface area contributed by atoms with E-state index in [1.54, 1.807) is 30.7 Å². The van der Waals surface area contributed by atoms with Gasteiger partial charge in [0.2, 0.25) is 0 Å². The molecule has 0 aliphatic carbocycles. The maximum absolute atomic E-state index is 9.06. The molecule has 0 aliphatic rings. The number of hydrogen-bond acceptors (Lipinski definition) is 4. The lowest BCUT2D eigenvalue weighted by Crippen LogP contribution is -2.29. The van der Waals surface area contributed by atoms with Crippen molar-refractivity contribution in [1.29, 1.82) is 0 Å². The summed E-state index contributed by atoms with van der Waals surface area (Å²) in [5.74, 6) is 0. The lowest BCUT2D eigenvalue weighted by Gasteiger charge is -2.05. The standard InChI is InChI=1S/C13H11BClN3O2/c15-11-5-6-16-13-12(11)17-8-18(13)7-9-1-3-10(4-2-9)14(19)20/h1-6,8,19-20H,7H2. The van der Waals surface area contributed by atoms with Gasteiger partial charge in [-0.2, -0.15) is 0 Å². The fourth-order valence-corrected chi connectivity index (χ4v) is 2.23. The van der Waals surface area contributed by atoms with E-state index in [1.165, 1.54) is 0 Å². The quantitative estimate of drug-likeness (QED) is 0.700. The number of hydrogen-bond donors (Lipinski definition) is 2. The summed E-state index contributed by atoms with van der Waals surface area (Å²) in [7, 11) is -1.45. The second kappa shape index (κ2) is 5.24. The average molecular weight is 288 g/mol. The molecule has 2 heterocycles. The molecule has 0 radical (unpaired) electrons. The van der Waals surface area contributed by atoms with Crippen LogP contribution in [0.1, 0.15) is 5.56 Å². The third-order valence-corrected chi connectivity index (χ3v) is 3.39. The molecule has 1 aromatic carbocycles. The summed E-state index contributed by atoms with van der Waals surface area (Å²) < 4.78 is 1.89. The van der Waals surface area contributed by atoms with Crippen molar-refractivity contribution in [3.8, 4) is 0 Å². The predicted octanol–water partition coefficient (Wildman–Crippen LogP) is 0.813. The molecule has 0 fully saturated rings. The Hall–Kier alpha value is -1.89. The minimum absolute atomic E-state index is 0.463. The molecule has 2 N–H and O–H groups in total. The van der Waals surface area contributed by atoms with Gasteiger partial charge >= 0.3 is 7.12 Å². The Morgan fingerprint density at radius 3 is 2.55 bits per heavy atom. The van der Waals surface area contributed by atoms with Gasteiger partial charge in [0.25, 0.3) is 0 Å². The Morgan fingerprint density at radius 1 is 1.10 bits per heavy atom. The second-order valence-electron chi connectivity index (χ2n) is 4.45. The first-order valence-corrected chi connectivity index (χ1v) is 6.43. The molecule has 3 aromatic rings. The van der Waals surface area contributed by atoms with Gasteiger partial charge in [0.15, 0.2) is 5.65 Å². The molecule has 20 heavy (non-hydrogen) atoms. The van der Waals surface area contributed by atoms with Crippen molar-refractivity contribution in [3.05, 3.63) is 53.4 Å². The number of fused-ring (bicyclic) bond motifs is 1. The van der Waals surface area contributed by atoms with E-state index >= 15 is 0 Å². The van der Waals surface area contributed by atoms with E-state index in [4.69, 9.17) is 21.6 Å². The highest BCUT2D eigenvalue weighted by Gasteiger charge is 2.11. The Labute approximate surface area is 120 Å². The first kappa shape index (κ1) is 13.1. The molecule has 0 atom stereocenters. The zero-order chi connectivity index (χ0) is 14.1. The highest BCUT2D eigenvalue weighted by molar-refractivity contribution is 6.58. The largest absolute Gasteiger partial charge is 0.488 e. The molecule has 0 saturated heterocycles. The van der Waals surface area contributed by atoms with Crippen LogP contribution in [0, 0.1) is 0 Å². The maximum atomic E-state index is 9.06. The molecule has 0 amide bonds. The minimum atomic E-state index is -1.45. The monoisotopic (exact) mass is 287 g/mol. The Kier molecular flexibility index (Phi) is 3.44. The van der Waals surface area contributed by atoms with Crippen molar-refractivity contribution < 1.29 is 10.0 Å².